The predicted octanol–water partition coefficient (Wildman–Crippen LogP) is 3.25. The van der Waals surface area contributed by atoms with Gasteiger partial charge in [0.15, 0.2) is 0 Å². The molecule has 1 aromatic rings. The van der Waals surface area contributed by atoms with Gasteiger partial charge in [-0.15, -0.1) is 6.58 Å². The van der Waals surface area contributed by atoms with Crippen LogP contribution in [0.25, 0.3) is 0 Å². The number of nitrogens with two attached hydrogens (primary N) is 1. The quantitative estimate of drug-likeness (QED) is 0.795. The SMILES string of the molecule is C=CCN(c1ccc(F)cc1[C@@H](C)N)C(C)C. The smallest absolute Gasteiger partial charge is 0.123 e. The second kappa shape index (κ2) is 5.82. The number of benzene rings is 1. The van der Waals surface area contributed by atoms with Gasteiger partial charge in [0.1, 0.15) is 5.82 Å². The third-order valence-electron chi connectivity index (χ3n) is 2.74. The van der Waals surface area contributed by atoms with Crippen molar-refractivity contribution >= 4 is 5.69 Å². The normalized spacial score (nSPS) is 12.6. The summed E-state index contributed by atoms with van der Waals surface area (Å²) in [5.41, 5.74) is 7.71. The van der Waals surface area contributed by atoms with E-state index in [4.69, 9.17) is 5.73 Å². The van der Waals surface area contributed by atoms with Crippen molar-refractivity contribution < 1.29 is 4.39 Å². The lowest BCUT2D eigenvalue weighted by Gasteiger charge is -2.30. The molecular formula is C14H21FN2. The Kier molecular flexibility index (Phi) is 4.70. The molecular weight excluding hydrogens is 215 g/mol. The Morgan fingerprint density at radius 1 is 1.41 bits per heavy atom. The molecule has 1 atom stereocenters. The molecule has 3 heteroatoms. The van der Waals surface area contributed by atoms with Gasteiger partial charge in [-0.05, 0) is 44.5 Å². The van der Waals surface area contributed by atoms with E-state index < -0.39 is 0 Å². The number of anilines is 1. The maximum absolute atomic E-state index is 13.3. The average Bonchev–Trinajstić information content (AvgIpc) is 2.26. The van der Waals surface area contributed by atoms with Gasteiger partial charge in [0.25, 0.3) is 0 Å². The summed E-state index contributed by atoms with van der Waals surface area (Å²) in [4.78, 5) is 2.16. The summed E-state index contributed by atoms with van der Waals surface area (Å²) in [6.45, 7) is 10.5. The molecule has 0 aliphatic heterocycles. The Hall–Kier alpha value is -1.35. The topological polar surface area (TPSA) is 29.3 Å². The molecule has 0 radical (unpaired) electrons. The number of halogens is 1. The van der Waals surface area contributed by atoms with E-state index >= 15 is 0 Å². The maximum atomic E-state index is 13.3. The molecule has 2 nitrogen and oxygen atoms in total. The Bertz CT molecular complexity index is 386. The van der Waals surface area contributed by atoms with E-state index in [1.807, 2.05) is 13.0 Å². The largest absolute Gasteiger partial charge is 0.365 e. The van der Waals surface area contributed by atoms with Crippen LogP contribution in [0.2, 0.25) is 0 Å². The van der Waals surface area contributed by atoms with Crippen molar-refractivity contribution in [2.75, 3.05) is 11.4 Å². The molecule has 0 aromatic heterocycles. The zero-order valence-corrected chi connectivity index (χ0v) is 10.8. The third-order valence-corrected chi connectivity index (χ3v) is 2.74. The molecule has 0 unspecified atom stereocenters. The second-order valence-corrected chi connectivity index (χ2v) is 4.53. The van der Waals surface area contributed by atoms with Crippen LogP contribution >= 0.6 is 0 Å². The Morgan fingerprint density at radius 2 is 2.06 bits per heavy atom. The minimum absolute atomic E-state index is 0.188. The minimum atomic E-state index is -0.247. The van der Waals surface area contributed by atoms with Gasteiger partial charge in [0.2, 0.25) is 0 Å². The third kappa shape index (κ3) is 3.30. The van der Waals surface area contributed by atoms with Crippen molar-refractivity contribution in [3.05, 3.63) is 42.2 Å². The van der Waals surface area contributed by atoms with Crippen molar-refractivity contribution in [2.45, 2.75) is 32.9 Å². The summed E-state index contributed by atoms with van der Waals surface area (Å²) in [5.74, 6) is -0.247. The van der Waals surface area contributed by atoms with E-state index in [2.05, 4.69) is 25.3 Å². The Balaban J connectivity index is 3.21. The van der Waals surface area contributed by atoms with Crippen LogP contribution in [-0.2, 0) is 0 Å². The molecule has 1 rings (SSSR count). The summed E-state index contributed by atoms with van der Waals surface area (Å²) in [6.07, 6.45) is 1.84. The average molecular weight is 236 g/mol. The summed E-state index contributed by atoms with van der Waals surface area (Å²) >= 11 is 0. The summed E-state index contributed by atoms with van der Waals surface area (Å²) < 4.78 is 13.3. The lowest BCUT2D eigenvalue weighted by Crippen LogP contribution is -2.32. The zero-order valence-electron chi connectivity index (χ0n) is 10.8. The molecule has 94 valence electrons. The molecule has 0 amide bonds. The summed E-state index contributed by atoms with van der Waals surface area (Å²) in [7, 11) is 0. The van der Waals surface area contributed by atoms with Crippen molar-refractivity contribution in [3.8, 4) is 0 Å². The van der Waals surface area contributed by atoms with Crippen molar-refractivity contribution in [1.82, 2.24) is 0 Å². The molecule has 0 fully saturated rings. The van der Waals surface area contributed by atoms with Crippen LogP contribution in [0.5, 0.6) is 0 Å². The van der Waals surface area contributed by atoms with Gasteiger partial charge < -0.3 is 10.6 Å². The van der Waals surface area contributed by atoms with Gasteiger partial charge in [0, 0.05) is 24.3 Å². The molecule has 1 aromatic carbocycles. The molecule has 2 N–H and O–H groups in total. The second-order valence-electron chi connectivity index (χ2n) is 4.53. The van der Waals surface area contributed by atoms with Crippen LogP contribution in [0.15, 0.2) is 30.9 Å². The first kappa shape index (κ1) is 13.7. The highest BCUT2D eigenvalue weighted by Gasteiger charge is 2.16. The first-order valence-corrected chi connectivity index (χ1v) is 5.90. The van der Waals surface area contributed by atoms with Gasteiger partial charge in [-0.2, -0.15) is 0 Å². The van der Waals surface area contributed by atoms with Gasteiger partial charge in [-0.1, -0.05) is 6.08 Å². The number of nitrogens with zero attached hydrogens (tertiary/aromatic N) is 1. The van der Waals surface area contributed by atoms with Crippen molar-refractivity contribution in [1.29, 1.82) is 0 Å². The van der Waals surface area contributed by atoms with Crippen LogP contribution in [-0.4, -0.2) is 12.6 Å². The number of hydrogen-bond acceptors (Lipinski definition) is 2. The minimum Gasteiger partial charge on any atom is -0.365 e. The van der Waals surface area contributed by atoms with E-state index in [1.165, 1.54) is 12.1 Å². The van der Waals surface area contributed by atoms with E-state index in [-0.39, 0.29) is 11.9 Å². The Morgan fingerprint density at radius 3 is 2.53 bits per heavy atom. The van der Waals surface area contributed by atoms with Crippen LogP contribution in [0, 0.1) is 5.82 Å². The fraction of sp³-hybridized carbons (Fsp3) is 0.429. The van der Waals surface area contributed by atoms with Crippen LogP contribution in [0.1, 0.15) is 32.4 Å². The fourth-order valence-electron chi connectivity index (χ4n) is 1.88. The monoisotopic (exact) mass is 236 g/mol. The highest BCUT2D eigenvalue weighted by molar-refractivity contribution is 5.56. The maximum Gasteiger partial charge on any atom is 0.123 e. The lowest BCUT2D eigenvalue weighted by molar-refractivity contribution is 0.620. The van der Waals surface area contributed by atoms with E-state index in [0.29, 0.717) is 6.04 Å². The van der Waals surface area contributed by atoms with Crippen LogP contribution in [0.4, 0.5) is 10.1 Å². The first-order valence-electron chi connectivity index (χ1n) is 5.90. The van der Waals surface area contributed by atoms with Gasteiger partial charge >= 0.3 is 0 Å². The first-order chi connectivity index (χ1) is 7.97. The molecule has 0 bridgehead atoms. The lowest BCUT2D eigenvalue weighted by atomic mass is 10.0. The predicted molar refractivity (Wildman–Crippen MR) is 71.7 cm³/mol. The van der Waals surface area contributed by atoms with Crippen LogP contribution < -0.4 is 10.6 Å². The molecule has 0 aliphatic rings. The number of hydrogen-bond donors (Lipinski definition) is 1. The number of rotatable bonds is 5. The van der Waals surface area contributed by atoms with E-state index in [9.17, 15) is 4.39 Å². The summed E-state index contributed by atoms with van der Waals surface area (Å²) in [5, 5.41) is 0. The van der Waals surface area contributed by atoms with Gasteiger partial charge in [-0.3, -0.25) is 0 Å². The molecule has 0 heterocycles. The van der Waals surface area contributed by atoms with E-state index in [0.717, 1.165) is 17.8 Å². The zero-order chi connectivity index (χ0) is 13.0. The van der Waals surface area contributed by atoms with Crippen molar-refractivity contribution in [3.63, 3.8) is 0 Å². The van der Waals surface area contributed by atoms with E-state index in [1.54, 1.807) is 6.07 Å². The van der Waals surface area contributed by atoms with Crippen molar-refractivity contribution in [2.24, 2.45) is 5.73 Å². The van der Waals surface area contributed by atoms with Gasteiger partial charge in [0.05, 0.1) is 0 Å². The highest BCUT2D eigenvalue weighted by Crippen LogP contribution is 2.27. The fourth-order valence-corrected chi connectivity index (χ4v) is 1.88. The molecule has 0 saturated carbocycles. The molecule has 0 aliphatic carbocycles. The van der Waals surface area contributed by atoms with Crippen LogP contribution in [0.3, 0.4) is 0 Å². The standard InChI is InChI=1S/C14H21FN2/c1-5-8-17(10(2)3)14-7-6-12(15)9-13(14)11(4)16/h5-7,9-11H,1,8,16H2,2-4H3/t11-/m1/s1. The summed E-state index contributed by atoms with van der Waals surface area (Å²) in [6, 6.07) is 4.90. The highest BCUT2D eigenvalue weighted by atomic mass is 19.1. The molecule has 0 saturated heterocycles. The Labute approximate surface area is 103 Å². The molecule has 17 heavy (non-hydrogen) atoms. The molecule has 0 spiro atoms. The van der Waals surface area contributed by atoms with Gasteiger partial charge in [-0.25, -0.2) is 4.39 Å².